The predicted octanol–water partition coefficient (Wildman–Crippen LogP) is 5.09. The van der Waals surface area contributed by atoms with Crippen molar-refractivity contribution in [2.75, 3.05) is 7.11 Å². The van der Waals surface area contributed by atoms with E-state index in [1.54, 1.807) is 11.3 Å². The summed E-state index contributed by atoms with van der Waals surface area (Å²) >= 11 is 5.13. The van der Waals surface area contributed by atoms with Crippen LogP contribution in [0, 0.1) is 0 Å². The highest BCUT2D eigenvalue weighted by Crippen LogP contribution is 2.36. The molecule has 0 saturated carbocycles. The Morgan fingerprint density at radius 2 is 2.14 bits per heavy atom. The first-order valence-corrected chi connectivity index (χ1v) is 8.14. The lowest BCUT2D eigenvalue weighted by Crippen LogP contribution is -2.03. The van der Waals surface area contributed by atoms with Crippen molar-refractivity contribution < 1.29 is 9.53 Å². The van der Waals surface area contributed by atoms with Gasteiger partial charge in [0.2, 0.25) is 0 Å². The van der Waals surface area contributed by atoms with E-state index >= 15 is 0 Å². The van der Waals surface area contributed by atoms with Crippen molar-refractivity contribution in [2.45, 2.75) is 6.42 Å². The summed E-state index contributed by atoms with van der Waals surface area (Å²) in [6.45, 7) is 0. The number of rotatable bonds is 2. The molecule has 21 heavy (non-hydrogen) atoms. The quantitative estimate of drug-likeness (QED) is 0.697. The van der Waals surface area contributed by atoms with Gasteiger partial charge in [0.15, 0.2) is 0 Å². The van der Waals surface area contributed by atoms with Crippen LogP contribution in [0.1, 0.15) is 20.8 Å². The molecule has 0 unspecified atom stereocenters. The van der Waals surface area contributed by atoms with Crippen molar-refractivity contribution in [3.8, 4) is 10.4 Å². The van der Waals surface area contributed by atoms with Gasteiger partial charge in [-0.05, 0) is 23.8 Å². The lowest BCUT2D eigenvalue weighted by molar-refractivity contribution is 0.0601. The van der Waals surface area contributed by atoms with E-state index in [1.165, 1.54) is 17.6 Å². The molecule has 1 heterocycles. The second kappa shape index (κ2) is 6.00. The molecule has 106 valence electrons. The Morgan fingerprint density at radius 3 is 2.95 bits per heavy atom. The van der Waals surface area contributed by atoms with Crippen LogP contribution in [-0.4, -0.2) is 13.1 Å². The van der Waals surface area contributed by atoms with Crippen LogP contribution in [0.2, 0.25) is 0 Å². The minimum Gasteiger partial charge on any atom is -0.465 e. The summed E-state index contributed by atoms with van der Waals surface area (Å²) in [7, 11) is 1.41. The summed E-state index contributed by atoms with van der Waals surface area (Å²) in [4.78, 5) is 14.4. The third-order valence-electron chi connectivity index (χ3n) is 3.32. The normalized spacial score (nSPS) is 12.9. The first-order chi connectivity index (χ1) is 10.2. The molecule has 0 amide bonds. The third kappa shape index (κ3) is 2.87. The van der Waals surface area contributed by atoms with Gasteiger partial charge in [0.25, 0.3) is 0 Å². The molecule has 2 aromatic rings. The predicted molar refractivity (Wildman–Crippen MR) is 90.7 cm³/mol. The van der Waals surface area contributed by atoms with Crippen molar-refractivity contribution in [1.29, 1.82) is 0 Å². The van der Waals surface area contributed by atoms with Crippen LogP contribution in [0.15, 0.2) is 47.0 Å². The fourth-order valence-electron chi connectivity index (χ4n) is 2.30. The molecule has 4 heteroatoms. The highest BCUT2D eigenvalue weighted by molar-refractivity contribution is 9.10. The number of thiophene rings is 1. The number of esters is 1. The van der Waals surface area contributed by atoms with Gasteiger partial charge >= 0.3 is 5.97 Å². The molecule has 0 aliphatic heterocycles. The van der Waals surface area contributed by atoms with Crippen molar-refractivity contribution >= 4 is 39.3 Å². The number of ether oxygens (including phenoxy) is 1. The monoisotopic (exact) mass is 360 g/mol. The molecule has 1 aliphatic rings. The fraction of sp³-hybridized carbons (Fsp3) is 0.118. The number of hydrogen-bond donors (Lipinski definition) is 0. The van der Waals surface area contributed by atoms with Gasteiger partial charge < -0.3 is 4.74 Å². The first kappa shape index (κ1) is 14.3. The van der Waals surface area contributed by atoms with Gasteiger partial charge in [0.1, 0.15) is 0 Å². The first-order valence-electron chi connectivity index (χ1n) is 6.53. The molecule has 1 aromatic carbocycles. The van der Waals surface area contributed by atoms with Gasteiger partial charge in [-0.15, -0.1) is 11.3 Å². The van der Waals surface area contributed by atoms with Gasteiger partial charge in [-0.3, -0.25) is 0 Å². The summed E-state index contributed by atoms with van der Waals surface area (Å²) in [5.41, 5.74) is 2.72. The molecule has 0 atom stereocenters. The number of hydrogen-bond acceptors (Lipinski definition) is 3. The SMILES string of the molecule is COC(=O)c1cc(Br)ccc1-c1cc2c(s1)CC=CC=C2. The van der Waals surface area contributed by atoms with Crippen molar-refractivity contribution in [2.24, 2.45) is 0 Å². The highest BCUT2D eigenvalue weighted by Gasteiger charge is 2.17. The zero-order chi connectivity index (χ0) is 14.8. The summed E-state index contributed by atoms with van der Waals surface area (Å²) in [5.74, 6) is -0.315. The van der Waals surface area contributed by atoms with E-state index in [0.29, 0.717) is 5.56 Å². The highest BCUT2D eigenvalue weighted by atomic mass is 79.9. The molecule has 2 nitrogen and oxygen atoms in total. The van der Waals surface area contributed by atoms with E-state index < -0.39 is 0 Å². The molecule has 0 radical (unpaired) electrons. The van der Waals surface area contributed by atoms with Crippen LogP contribution >= 0.6 is 27.3 Å². The van der Waals surface area contributed by atoms with E-state index in [4.69, 9.17) is 4.74 Å². The van der Waals surface area contributed by atoms with Gasteiger partial charge in [-0.1, -0.05) is 46.3 Å². The lowest BCUT2D eigenvalue weighted by atomic mass is 10.1. The average Bonchev–Trinajstić information content (AvgIpc) is 2.77. The molecule has 0 bridgehead atoms. The largest absolute Gasteiger partial charge is 0.465 e. The second-order valence-electron chi connectivity index (χ2n) is 4.66. The molecule has 0 saturated heterocycles. The van der Waals surface area contributed by atoms with Crippen LogP contribution in [0.5, 0.6) is 0 Å². The zero-order valence-electron chi connectivity index (χ0n) is 11.4. The lowest BCUT2D eigenvalue weighted by Gasteiger charge is -2.06. The van der Waals surface area contributed by atoms with Crippen LogP contribution < -0.4 is 0 Å². The molecule has 1 aliphatic carbocycles. The fourth-order valence-corrected chi connectivity index (χ4v) is 3.82. The average molecular weight is 361 g/mol. The van der Waals surface area contributed by atoms with Crippen molar-refractivity contribution in [3.05, 3.63) is 63.0 Å². The number of fused-ring (bicyclic) bond motifs is 1. The maximum Gasteiger partial charge on any atom is 0.338 e. The number of halogens is 1. The summed E-state index contributed by atoms with van der Waals surface area (Å²) in [6.07, 6.45) is 9.29. The molecule has 0 spiro atoms. The maximum absolute atomic E-state index is 12.0. The summed E-state index contributed by atoms with van der Waals surface area (Å²) in [6, 6.07) is 7.85. The molecule has 0 fully saturated rings. The van der Waals surface area contributed by atoms with Gasteiger partial charge in [0.05, 0.1) is 12.7 Å². The van der Waals surface area contributed by atoms with Crippen LogP contribution in [-0.2, 0) is 11.2 Å². The Morgan fingerprint density at radius 1 is 1.29 bits per heavy atom. The molecule has 3 rings (SSSR count). The van der Waals surface area contributed by atoms with Gasteiger partial charge in [0, 0.05) is 26.2 Å². The summed E-state index contributed by atoms with van der Waals surface area (Å²) < 4.78 is 5.76. The number of methoxy groups -OCH3 is 1. The Kier molecular flexibility index (Phi) is 4.08. The van der Waals surface area contributed by atoms with Crippen LogP contribution in [0.3, 0.4) is 0 Å². The Hall–Kier alpha value is -1.65. The van der Waals surface area contributed by atoms with Gasteiger partial charge in [-0.25, -0.2) is 4.79 Å². The molecule has 1 aromatic heterocycles. The minimum atomic E-state index is -0.315. The molecular weight excluding hydrogens is 348 g/mol. The molecular formula is C17H13BrO2S. The smallest absolute Gasteiger partial charge is 0.338 e. The van der Waals surface area contributed by atoms with Crippen LogP contribution in [0.4, 0.5) is 0 Å². The van der Waals surface area contributed by atoms with Crippen molar-refractivity contribution in [1.82, 2.24) is 0 Å². The Balaban J connectivity index is 2.11. The van der Waals surface area contributed by atoms with E-state index in [9.17, 15) is 4.79 Å². The maximum atomic E-state index is 12.0. The van der Waals surface area contributed by atoms with E-state index in [1.807, 2.05) is 24.3 Å². The number of carbonyl (C=O) groups excluding carboxylic acids is 1. The second-order valence-corrected chi connectivity index (χ2v) is 6.71. The van der Waals surface area contributed by atoms with Gasteiger partial charge in [-0.2, -0.15) is 0 Å². The number of allylic oxidation sites excluding steroid dienone is 3. The Labute approximate surface area is 135 Å². The van der Waals surface area contributed by atoms with Crippen molar-refractivity contribution in [3.63, 3.8) is 0 Å². The Bertz CT molecular complexity index is 756. The van der Waals surface area contributed by atoms with E-state index in [2.05, 4.69) is 40.2 Å². The third-order valence-corrected chi connectivity index (χ3v) is 5.02. The zero-order valence-corrected chi connectivity index (χ0v) is 13.8. The number of benzene rings is 1. The topological polar surface area (TPSA) is 26.3 Å². The molecule has 0 N–H and O–H groups in total. The van der Waals surface area contributed by atoms with E-state index in [-0.39, 0.29) is 5.97 Å². The minimum absolute atomic E-state index is 0.315. The van der Waals surface area contributed by atoms with E-state index in [0.717, 1.165) is 21.3 Å². The number of carbonyl (C=O) groups is 1. The standard InChI is InChI=1S/C17H13BrO2S/c1-20-17(19)14-10-12(18)7-8-13(14)16-9-11-5-3-2-4-6-15(11)21-16/h2-5,7-10H,6H2,1H3. The van der Waals surface area contributed by atoms with Crippen LogP contribution in [0.25, 0.3) is 16.5 Å². The summed E-state index contributed by atoms with van der Waals surface area (Å²) in [5, 5.41) is 0.